The van der Waals surface area contributed by atoms with E-state index in [0.717, 1.165) is 37.9 Å². The second kappa shape index (κ2) is 16.6. The highest BCUT2D eigenvalue weighted by atomic mass is 35.5. The summed E-state index contributed by atoms with van der Waals surface area (Å²) in [6.45, 7) is 0.627. The fourth-order valence-corrected chi connectivity index (χ4v) is 7.25. The maximum atomic E-state index is 13.0. The predicted octanol–water partition coefficient (Wildman–Crippen LogP) is 8.93. The average Bonchev–Trinajstić information content (AvgIpc) is 3.87. The fourth-order valence-electron chi connectivity index (χ4n) is 6.16. The predicted molar refractivity (Wildman–Crippen MR) is 194 cm³/mol. The molecule has 260 valence electrons. The van der Waals surface area contributed by atoms with Crippen molar-refractivity contribution >= 4 is 28.9 Å². The number of carbonyl (C=O) groups is 1. The minimum atomic E-state index is -1.36. The Labute approximate surface area is 305 Å². The molecule has 1 aliphatic rings. The van der Waals surface area contributed by atoms with E-state index in [1.54, 1.807) is 18.5 Å². The first-order valence-electron chi connectivity index (χ1n) is 16.6. The number of ether oxygens (including phenoxy) is 4. The van der Waals surface area contributed by atoms with Crippen molar-refractivity contribution in [2.75, 3.05) is 0 Å². The van der Waals surface area contributed by atoms with Gasteiger partial charge in [-0.3, -0.25) is 0 Å². The Morgan fingerprint density at radius 1 is 0.745 bits per heavy atom. The summed E-state index contributed by atoms with van der Waals surface area (Å²) in [5, 5.41) is 12.0. The molecular weight excluding hydrogens is 686 g/mol. The first-order chi connectivity index (χ1) is 25.0. The smallest absolute Gasteiger partial charge is 0.335 e. The lowest BCUT2D eigenvalue weighted by Gasteiger charge is -2.45. The van der Waals surface area contributed by atoms with Crippen molar-refractivity contribution in [3.8, 4) is 10.6 Å². The van der Waals surface area contributed by atoms with Gasteiger partial charge in [-0.05, 0) is 46.0 Å². The summed E-state index contributed by atoms with van der Waals surface area (Å²) in [6.07, 6.45) is -0.895. The molecular formula is C41H36ClNO7S. The number of hydrogen-bond acceptors (Lipinski definition) is 8. The van der Waals surface area contributed by atoms with Crippen LogP contribution in [0, 0.1) is 0 Å². The standard InChI is InChI=1S/C41H36ClNO7S/c42-32-19-18-30(21-31(32)22-35-43-23-34(51-35)33-17-10-20-46-33)36-37(47-24-27-11-4-1-5-12-27)38(48-25-28-13-6-2-7-14-28)39(40(50-36)41(44)45)49-26-29-15-8-3-9-16-29/h1-21,23,36-40H,22,24-26H2,(H,44,45)/t36-,37-,38+,39-,40-/m0/s1. The van der Waals surface area contributed by atoms with Crippen LogP contribution < -0.4 is 0 Å². The average molecular weight is 722 g/mol. The van der Waals surface area contributed by atoms with Gasteiger partial charge in [-0.1, -0.05) is 115 Å². The van der Waals surface area contributed by atoms with Crippen molar-refractivity contribution in [2.24, 2.45) is 0 Å². The highest BCUT2D eigenvalue weighted by Crippen LogP contribution is 2.40. The van der Waals surface area contributed by atoms with Crippen LogP contribution in [0.3, 0.4) is 0 Å². The number of benzene rings is 4. The van der Waals surface area contributed by atoms with Crippen LogP contribution in [-0.2, 0) is 50.0 Å². The molecule has 10 heteroatoms. The van der Waals surface area contributed by atoms with Gasteiger partial charge in [-0.15, -0.1) is 11.3 Å². The molecule has 1 aliphatic heterocycles. The molecule has 1 N–H and O–H groups in total. The van der Waals surface area contributed by atoms with Crippen molar-refractivity contribution < 1.29 is 33.3 Å². The molecule has 0 spiro atoms. The number of thiazole rings is 1. The van der Waals surface area contributed by atoms with Gasteiger partial charge in [0, 0.05) is 17.6 Å². The van der Waals surface area contributed by atoms with Crippen LogP contribution in [0.4, 0.5) is 0 Å². The topological polar surface area (TPSA) is 100 Å². The summed E-state index contributed by atoms with van der Waals surface area (Å²) in [6, 6.07) is 38.5. The van der Waals surface area contributed by atoms with E-state index in [-0.39, 0.29) is 19.8 Å². The molecule has 2 aromatic heterocycles. The number of nitrogens with zero attached hydrogens (tertiary/aromatic N) is 1. The summed E-state index contributed by atoms with van der Waals surface area (Å²) in [5.41, 5.74) is 4.30. The van der Waals surface area contributed by atoms with Crippen LogP contribution in [0.1, 0.15) is 38.9 Å². The maximum absolute atomic E-state index is 13.0. The molecule has 8 nitrogen and oxygen atoms in total. The third-order valence-electron chi connectivity index (χ3n) is 8.69. The third-order valence-corrected chi connectivity index (χ3v) is 10.1. The lowest BCUT2D eigenvalue weighted by Crippen LogP contribution is -2.59. The van der Waals surface area contributed by atoms with Gasteiger partial charge in [0.2, 0.25) is 0 Å². The fraction of sp³-hybridized carbons (Fsp3) is 0.220. The molecule has 4 aromatic carbocycles. The van der Waals surface area contributed by atoms with Gasteiger partial charge in [0.15, 0.2) is 6.10 Å². The van der Waals surface area contributed by atoms with Crippen LogP contribution in [-0.4, -0.2) is 40.5 Å². The van der Waals surface area contributed by atoms with E-state index in [2.05, 4.69) is 4.98 Å². The van der Waals surface area contributed by atoms with Crippen LogP contribution in [0.15, 0.2) is 138 Å². The van der Waals surface area contributed by atoms with E-state index >= 15 is 0 Å². The highest BCUT2D eigenvalue weighted by Gasteiger charge is 2.51. The van der Waals surface area contributed by atoms with Crippen LogP contribution in [0.25, 0.3) is 10.6 Å². The zero-order valence-corrected chi connectivity index (χ0v) is 29.1. The molecule has 51 heavy (non-hydrogen) atoms. The van der Waals surface area contributed by atoms with Gasteiger partial charge in [0.1, 0.15) is 30.2 Å². The minimum Gasteiger partial charge on any atom is -0.479 e. The number of aromatic nitrogens is 1. The largest absolute Gasteiger partial charge is 0.479 e. The number of hydrogen-bond donors (Lipinski definition) is 1. The van der Waals surface area contributed by atoms with E-state index in [4.69, 9.17) is 35.0 Å². The highest BCUT2D eigenvalue weighted by molar-refractivity contribution is 7.15. The lowest BCUT2D eigenvalue weighted by molar-refractivity contribution is -0.266. The van der Waals surface area contributed by atoms with E-state index in [1.165, 1.54) is 11.3 Å². The van der Waals surface area contributed by atoms with Gasteiger partial charge in [0.25, 0.3) is 0 Å². The molecule has 0 bridgehead atoms. The summed E-state index contributed by atoms with van der Waals surface area (Å²) in [7, 11) is 0. The second-order valence-electron chi connectivity index (χ2n) is 12.2. The monoisotopic (exact) mass is 721 g/mol. The van der Waals surface area contributed by atoms with Crippen molar-refractivity contribution in [2.45, 2.75) is 56.8 Å². The number of rotatable bonds is 14. The summed E-state index contributed by atoms with van der Waals surface area (Å²) in [4.78, 5) is 18.5. The molecule has 7 rings (SSSR count). The van der Waals surface area contributed by atoms with E-state index in [0.29, 0.717) is 17.0 Å². The van der Waals surface area contributed by atoms with Crippen LogP contribution >= 0.6 is 22.9 Å². The summed E-state index contributed by atoms with van der Waals surface area (Å²) in [5.74, 6) is -0.409. The second-order valence-corrected chi connectivity index (χ2v) is 13.7. The van der Waals surface area contributed by atoms with Crippen molar-refractivity contribution in [1.82, 2.24) is 4.98 Å². The van der Waals surface area contributed by atoms with Crippen molar-refractivity contribution in [3.63, 3.8) is 0 Å². The molecule has 1 fully saturated rings. The van der Waals surface area contributed by atoms with E-state index in [9.17, 15) is 9.90 Å². The molecule has 3 heterocycles. The van der Waals surface area contributed by atoms with Gasteiger partial charge in [-0.2, -0.15) is 0 Å². The van der Waals surface area contributed by atoms with Crippen molar-refractivity contribution in [1.29, 1.82) is 0 Å². The molecule has 0 saturated carbocycles. The summed E-state index contributed by atoms with van der Waals surface area (Å²) >= 11 is 8.29. The first kappa shape index (κ1) is 34.8. The Kier molecular flexibility index (Phi) is 11.3. The zero-order chi connectivity index (χ0) is 35.0. The number of furan rings is 1. The molecule has 0 radical (unpaired) electrons. The quantitative estimate of drug-likeness (QED) is 0.119. The van der Waals surface area contributed by atoms with Crippen molar-refractivity contribution in [3.05, 3.63) is 172 Å². The Hall–Kier alpha value is -4.61. The third kappa shape index (κ3) is 8.65. The van der Waals surface area contributed by atoms with Gasteiger partial charge >= 0.3 is 5.97 Å². The van der Waals surface area contributed by atoms with E-state index in [1.807, 2.05) is 115 Å². The number of halogens is 1. The minimum absolute atomic E-state index is 0.165. The van der Waals surface area contributed by atoms with Crippen LogP contribution in [0.5, 0.6) is 0 Å². The zero-order valence-electron chi connectivity index (χ0n) is 27.5. The van der Waals surface area contributed by atoms with Gasteiger partial charge < -0.3 is 28.5 Å². The van der Waals surface area contributed by atoms with Gasteiger partial charge in [-0.25, -0.2) is 9.78 Å². The first-order valence-corrected chi connectivity index (χ1v) is 17.8. The normalized spacial score (nSPS) is 20.3. The molecule has 1 saturated heterocycles. The summed E-state index contributed by atoms with van der Waals surface area (Å²) < 4.78 is 31.8. The van der Waals surface area contributed by atoms with E-state index < -0.39 is 36.5 Å². The Morgan fingerprint density at radius 3 is 1.90 bits per heavy atom. The maximum Gasteiger partial charge on any atom is 0.335 e. The SMILES string of the molecule is O=C(O)[C@H]1O[C@@H](c2ccc(Cl)c(Cc3ncc(-c4ccco4)s3)c2)[C@H](OCc2ccccc2)[C@@H](OCc2ccccc2)[C@@H]1OCc1ccccc1. The Bertz CT molecular complexity index is 1990. The number of carboxylic acid groups (broad SMARTS) is 1. The van der Waals surface area contributed by atoms with Crippen LogP contribution in [0.2, 0.25) is 5.02 Å². The molecule has 0 amide bonds. The molecule has 6 aromatic rings. The number of aliphatic carboxylic acids is 1. The Balaban J connectivity index is 1.24. The Morgan fingerprint density at radius 2 is 1.33 bits per heavy atom. The molecule has 0 aliphatic carbocycles. The number of carboxylic acids is 1. The lowest BCUT2D eigenvalue weighted by atomic mass is 9.89. The van der Waals surface area contributed by atoms with Gasteiger partial charge in [0.05, 0.1) is 36.0 Å². The molecule has 5 atom stereocenters. The molecule has 0 unspecified atom stereocenters.